The van der Waals surface area contributed by atoms with Crippen molar-refractivity contribution in [1.29, 1.82) is 0 Å². The minimum atomic E-state index is -3.17. The van der Waals surface area contributed by atoms with Gasteiger partial charge in [0, 0.05) is 19.0 Å². The topological polar surface area (TPSA) is 71.1 Å². The van der Waals surface area contributed by atoms with Crippen LogP contribution in [0.5, 0.6) is 0 Å². The molecule has 0 amide bonds. The Balaban J connectivity index is 1.96. The van der Waals surface area contributed by atoms with Crippen LogP contribution in [0.1, 0.15) is 19.8 Å². The van der Waals surface area contributed by atoms with E-state index in [1.165, 1.54) is 12.5 Å². The molecule has 0 unspecified atom stereocenters. The van der Waals surface area contributed by atoms with Crippen LogP contribution >= 0.6 is 0 Å². The first-order valence-corrected chi connectivity index (χ1v) is 8.39. The predicted molar refractivity (Wildman–Crippen MR) is 76.0 cm³/mol. The van der Waals surface area contributed by atoms with Gasteiger partial charge in [0.2, 0.25) is 0 Å². The van der Waals surface area contributed by atoms with E-state index in [1.54, 1.807) is 12.1 Å². The van der Waals surface area contributed by atoms with Gasteiger partial charge in [-0.3, -0.25) is 0 Å². The maximum Gasteiger partial charge on any atom is 0.177 e. The van der Waals surface area contributed by atoms with Gasteiger partial charge in [-0.25, -0.2) is 13.4 Å². The Hall–Kier alpha value is -1.14. The molecule has 0 aliphatic carbocycles. The van der Waals surface area contributed by atoms with Crippen LogP contribution in [0.25, 0.3) is 0 Å². The van der Waals surface area contributed by atoms with E-state index in [1.807, 2.05) is 0 Å². The third-order valence-electron chi connectivity index (χ3n) is 3.67. The third kappa shape index (κ3) is 3.91. The summed E-state index contributed by atoms with van der Waals surface area (Å²) in [5, 5.41) is 6.65. The molecule has 2 N–H and O–H groups in total. The summed E-state index contributed by atoms with van der Waals surface area (Å²) in [6.07, 6.45) is 4.87. The van der Waals surface area contributed by atoms with Gasteiger partial charge in [0.1, 0.15) is 5.82 Å². The fraction of sp³-hybridized carbons (Fsp3) is 0.615. The maximum atomic E-state index is 11.3. The van der Waals surface area contributed by atoms with Crippen LogP contribution in [0.3, 0.4) is 0 Å². The van der Waals surface area contributed by atoms with Crippen molar-refractivity contribution in [3.05, 3.63) is 18.3 Å². The highest BCUT2D eigenvalue weighted by Crippen LogP contribution is 2.27. The van der Waals surface area contributed by atoms with Crippen LogP contribution in [0.4, 0.5) is 5.82 Å². The highest BCUT2D eigenvalue weighted by molar-refractivity contribution is 7.90. The molecule has 2 rings (SSSR count). The number of nitrogens with zero attached hydrogens (tertiary/aromatic N) is 1. The summed E-state index contributed by atoms with van der Waals surface area (Å²) < 4.78 is 22.7. The Kier molecular flexibility index (Phi) is 4.10. The molecule has 1 aromatic rings. The second-order valence-corrected chi connectivity index (χ2v) is 7.58. The average molecular weight is 283 g/mol. The Morgan fingerprint density at radius 1 is 1.37 bits per heavy atom. The lowest BCUT2D eigenvalue weighted by Gasteiger charge is -2.34. The Labute approximate surface area is 114 Å². The van der Waals surface area contributed by atoms with Gasteiger partial charge in [0.05, 0.1) is 4.90 Å². The summed E-state index contributed by atoms with van der Waals surface area (Å²) in [7, 11) is -3.17. The average Bonchev–Trinajstić information content (AvgIpc) is 2.37. The van der Waals surface area contributed by atoms with E-state index >= 15 is 0 Å². The van der Waals surface area contributed by atoms with Crippen LogP contribution in [0, 0.1) is 5.41 Å². The number of aromatic nitrogens is 1. The molecule has 19 heavy (non-hydrogen) atoms. The van der Waals surface area contributed by atoms with Crippen molar-refractivity contribution in [2.75, 3.05) is 31.2 Å². The molecule has 1 aliphatic heterocycles. The molecular weight excluding hydrogens is 262 g/mol. The van der Waals surface area contributed by atoms with E-state index in [0.717, 1.165) is 38.3 Å². The normalized spacial score (nSPS) is 19.1. The van der Waals surface area contributed by atoms with Crippen molar-refractivity contribution in [2.45, 2.75) is 24.7 Å². The summed E-state index contributed by atoms with van der Waals surface area (Å²) in [5.41, 5.74) is 0.280. The first-order valence-electron chi connectivity index (χ1n) is 6.50. The minimum Gasteiger partial charge on any atom is -0.370 e. The lowest BCUT2D eigenvalue weighted by molar-refractivity contribution is 0.247. The monoisotopic (exact) mass is 283 g/mol. The van der Waals surface area contributed by atoms with E-state index in [4.69, 9.17) is 0 Å². The van der Waals surface area contributed by atoms with Gasteiger partial charge in [0.15, 0.2) is 9.84 Å². The zero-order valence-electron chi connectivity index (χ0n) is 11.4. The number of hydrogen-bond donors (Lipinski definition) is 2. The van der Waals surface area contributed by atoms with Gasteiger partial charge in [-0.05, 0) is 43.5 Å². The minimum absolute atomic E-state index is 0.256. The fourth-order valence-corrected chi connectivity index (χ4v) is 2.77. The van der Waals surface area contributed by atoms with E-state index in [0.29, 0.717) is 0 Å². The predicted octanol–water partition coefficient (Wildman–Crippen LogP) is 1.29. The van der Waals surface area contributed by atoms with E-state index in [2.05, 4.69) is 22.5 Å². The number of sulfone groups is 1. The number of rotatable bonds is 4. The van der Waals surface area contributed by atoms with Crippen molar-refractivity contribution >= 4 is 15.7 Å². The standard InChI is InChI=1S/C13H21N3O2S/c1-13(5-7-14-8-6-13)10-16-12-4-3-11(9-15-12)19(2,17)18/h3-4,9,14H,5-8,10H2,1-2H3,(H,15,16). The van der Waals surface area contributed by atoms with Gasteiger partial charge in [-0.15, -0.1) is 0 Å². The van der Waals surface area contributed by atoms with Crippen molar-refractivity contribution in [3.8, 4) is 0 Å². The molecule has 1 fully saturated rings. The molecule has 0 bridgehead atoms. The van der Waals surface area contributed by atoms with Gasteiger partial charge >= 0.3 is 0 Å². The zero-order valence-corrected chi connectivity index (χ0v) is 12.3. The van der Waals surface area contributed by atoms with Crippen LogP contribution < -0.4 is 10.6 Å². The van der Waals surface area contributed by atoms with Gasteiger partial charge < -0.3 is 10.6 Å². The first kappa shape index (κ1) is 14.3. The largest absolute Gasteiger partial charge is 0.370 e. The molecular formula is C13H21N3O2S. The molecule has 0 aromatic carbocycles. The third-order valence-corrected chi connectivity index (χ3v) is 4.77. The lowest BCUT2D eigenvalue weighted by Crippen LogP contribution is -2.39. The molecule has 5 nitrogen and oxygen atoms in total. The SMILES string of the molecule is CC1(CNc2ccc(S(C)(=O)=O)cn2)CCNCC1. The van der Waals surface area contributed by atoms with Crippen LogP contribution in [0.2, 0.25) is 0 Å². The smallest absolute Gasteiger partial charge is 0.177 e. The molecule has 1 aliphatic rings. The highest BCUT2D eigenvalue weighted by Gasteiger charge is 2.26. The highest BCUT2D eigenvalue weighted by atomic mass is 32.2. The summed E-state index contributed by atoms with van der Waals surface area (Å²) >= 11 is 0. The van der Waals surface area contributed by atoms with Crippen LogP contribution in [-0.4, -0.2) is 39.3 Å². The van der Waals surface area contributed by atoms with Gasteiger partial charge in [0.25, 0.3) is 0 Å². The molecule has 0 radical (unpaired) electrons. The molecule has 0 spiro atoms. The quantitative estimate of drug-likeness (QED) is 0.871. The Morgan fingerprint density at radius 2 is 2.05 bits per heavy atom. The van der Waals surface area contributed by atoms with Crippen molar-refractivity contribution in [3.63, 3.8) is 0 Å². The van der Waals surface area contributed by atoms with Crippen molar-refractivity contribution in [1.82, 2.24) is 10.3 Å². The lowest BCUT2D eigenvalue weighted by atomic mass is 9.81. The number of piperidine rings is 1. The van der Waals surface area contributed by atoms with E-state index in [-0.39, 0.29) is 10.3 Å². The Bertz CT molecular complexity index is 519. The Morgan fingerprint density at radius 3 is 2.58 bits per heavy atom. The summed E-state index contributed by atoms with van der Waals surface area (Å²) in [5.74, 6) is 0.729. The van der Waals surface area contributed by atoms with Crippen LogP contribution in [-0.2, 0) is 9.84 Å². The van der Waals surface area contributed by atoms with Gasteiger partial charge in [-0.1, -0.05) is 6.92 Å². The molecule has 1 aromatic heterocycles. The second-order valence-electron chi connectivity index (χ2n) is 5.57. The molecule has 6 heteroatoms. The number of nitrogens with one attached hydrogen (secondary N) is 2. The summed E-state index contributed by atoms with van der Waals surface area (Å²) in [4.78, 5) is 4.41. The fourth-order valence-electron chi connectivity index (χ4n) is 2.22. The van der Waals surface area contributed by atoms with Crippen molar-refractivity contribution < 1.29 is 8.42 Å². The molecule has 0 atom stereocenters. The maximum absolute atomic E-state index is 11.3. The van der Waals surface area contributed by atoms with Gasteiger partial charge in [-0.2, -0.15) is 0 Å². The first-order chi connectivity index (χ1) is 8.89. The molecule has 106 valence electrons. The number of hydrogen-bond acceptors (Lipinski definition) is 5. The van der Waals surface area contributed by atoms with Crippen molar-refractivity contribution in [2.24, 2.45) is 5.41 Å². The summed E-state index contributed by atoms with van der Waals surface area (Å²) in [6.45, 7) is 5.24. The molecule has 1 saturated heterocycles. The molecule has 2 heterocycles. The zero-order chi connectivity index (χ0) is 13.9. The second kappa shape index (κ2) is 5.46. The van der Waals surface area contributed by atoms with Crippen LogP contribution in [0.15, 0.2) is 23.2 Å². The number of anilines is 1. The number of pyridine rings is 1. The molecule has 0 saturated carbocycles. The van der Waals surface area contributed by atoms with E-state index in [9.17, 15) is 8.42 Å². The summed E-state index contributed by atoms with van der Waals surface area (Å²) in [6, 6.07) is 3.32. The van der Waals surface area contributed by atoms with E-state index < -0.39 is 9.84 Å².